The molecule has 3 N–H and O–H groups in total. The van der Waals surface area contributed by atoms with E-state index in [1.165, 1.54) is 16.4 Å². The summed E-state index contributed by atoms with van der Waals surface area (Å²) in [7, 11) is -3.89. The highest BCUT2D eigenvalue weighted by molar-refractivity contribution is 7.89. The van der Waals surface area contributed by atoms with Crippen LogP contribution in [-0.4, -0.2) is 49.6 Å². The van der Waals surface area contributed by atoms with Crippen molar-refractivity contribution in [3.05, 3.63) is 23.8 Å². The lowest BCUT2D eigenvalue weighted by Gasteiger charge is -2.32. The Morgan fingerprint density at radius 2 is 2.20 bits per heavy atom. The van der Waals surface area contributed by atoms with E-state index in [-0.39, 0.29) is 35.3 Å². The average Bonchev–Trinajstić information content (AvgIpc) is 2.38. The third kappa shape index (κ3) is 2.62. The van der Waals surface area contributed by atoms with Crippen molar-refractivity contribution in [2.45, 2.75) is 17.9 Å². The van der Waals surface area contributed by atoms with Gasteiger partial charge in [0, 0.05) is 18.3 Å². The molecule has 2 rings (SSSR count). The molecule has 0 aromatic heterocycles. The first-order valence-electron chi connectivity index (χ1n) is 6.06. The fraction of sp³-hybridized carbons (Fsp3) is 0.417. The molecular formula is C12H16N2O5S. The number of nitrogen functional groups attached to an aromatic ring is 1. The first-order chi connectivity index (χ1) is 9.34. The maximum Gasteiger partial charge on any atom is 0.337 e. The standard InChI is InChI=1S/C12H16N2O5S/c1-8-7-19-5-4-14(8)20(17,18)11-3-2-9(13)6-10(11)12(15)16/h2-3,6,8H,4-5,7,13H2,1H3,(H,15,16)/t8-/m1/s1. The SMILES string of the molecule is C[C@@H]1COCCN1S(=O)(=O)c1ccc(N)cc1C(=O)O. The number of carboxylic acid groups (broad SMARTS) is 1. The molecule has 8 heteroatoms. The number of benzene rings is 1. The Hall–Kier alpha value is -1.64. The molecule has 0 saturated carbocycles. The number of morpholine rings is 1. The van der Waals surface area contributed by atoms with Crippen LogP contribution in [0.5, 0.6) is 0 Å². The van der Waals surface area contributed by atoms with E-state index in [0.29, 0.717) is 6.61 Å². The van der Waals surface area contributed by atoms with Crippen molar-refractivity contribution in [2.75, 3.05) is 25.5 Å². The van der Waals surface area contributed by atoms with Gasteiger partial charge in [-0.1, -0.05) is 0 Å². The van der Waals surface area contributed by atoms with Crippen molar-refractivity contribution in [2.24, 2.45) is 0 Å². The van der Waals surface area contributed by atoms with Gasteiger partial charge in [-0.3, -0.25) is 0 Å². The number of nitrogens with two attached hydrogens (primary N) is 1. The summed E-state index contributed by atoms with van der Waals surface area (Å²) in [6, 6.07) is 3.43. The summed E-state index contributed by atoms with van der Waals surface area (Å²) >= 11 is 0. The molecule has 1 aliphatic heterocycles. The second kappa shape index (κ2) is 5.39. The van der Waals surface area contributed by atoms with Crippen LogP contribution in [0.4, 0.5) is 5.69 Å². The molecule has 7 nitrogen and oxygen atoms in total. The first-order valence-corrected chi connectivity index (χ1v) is 7.50. The molecule has 0 radical (unpaired) electrons. The van der Waals surface area contributed by atoms with Crippen molar-refractivity contribution >= 4 is 21.7 Å². The van der Waals surface area contributed by atoms with Crippen LogP contribution in [-0.2, 0) is 14.8 Å². The summed E-state index contributed by atoms with van der Waals surface area (Å²) in [5.41, 5.74) is 5.41. The fourth-order valence-corrected chi connectivity index (χ4v) is 3.90. The fourth-order valence-electron chi connectivity index (χ4n) is 2.13. The molecule has 20 heavy (non-hydrogen) atoms. The molecule has 1 heterocycles. The van der Waals surface area contributed by atoms with Crippen molar-refractivity contribution in [3.8, 4) is 0 Å². The number of anilines is 1. The van der Waals surface area contributed by atoms with Gasteiger partial charge >= 0.3 is 5.97 Å². The maximum atomic E-state index is 12.6. The Balaban J connectivity index is 2.51. The van der Waals surface area contributed by atoms with Crippen LogP contribution in [0.2, 0.25) is 0 Å². The number of carbonyl (C=O) groups is 1. The van der Waals surface area contributed by atoms with Gasteiger partial charge in [0.2, 0.25) is 10.0 Å². The molecule has 1 aromatic carbocycles. The number of nitrogens with zero attached hydrogens (tertiary/aromatic N) is 1. The van der Waals surface area contributed by atoms with Crippen molar-refractivity contribution < 1.29 is 23.1 Å². The zero-order valence-electron chi connectivity index (χ0n) is 10.9. The third-order valence-corrected chi connectivity index (χ3v) is 5.20. The molecule has 0 amide bonds. The number of aromatic carboxylic acids is 1. The van der Waals surface area contributed by atoms with E-state index in [1.54, 1.807) is 6.92 Å². The van der Waals surface area contributed by atoms with Gasteiger partial charge in [-0.2, -0.15) is 4.31 Å². The Morgan fingerprint density at radius 3 is 2.80 bits per heavy atom. The highest BCUT2D eigenvalue weighted by atomic mass is 32.2. The van der Waals surface area contributed by atoms with E-state index in [4.69, 9.17) is 15.6 Å². The lowest BCUT2D eigenvalue weighted by molar-refractivity contribution is 0.0392. The van der Waals surface area contributed by atoms with Crippen LogP contribution >= 0.6 is 0 Å². The Labute approximate surface area is 117 Å². The second-order valence-corrected chi connectivity index (χ2v) is 6.46. The van der Waals surface area contributed by atoms with E-state index in [1.807, 2.05) is 0 Å². The Bertz CT molecular complexity index is 629. The normalized spacial score (nSPS) is 20.8. The number of hydrogen-bond donors (Lipinski definition) is 2. The number of hydrogen-bond acceptors (Lipinski definition) is 5. The third-order valence-electron chi connectivity index (χ3n) is 3.13. The highest BCUT2D eigenvalue weighted by Crippen LogP contribution is 2.25. The summed E-state index contributed by atoms with van der Waals surface area (Å²) in [5, 5.41) is 9.15. The highest BCUT2D eigenvalue weighted by Gasteiger charge is 2.34. The molecule has 110 valence electrons. The topological polar surface area (TPSA) is 110 Å². The number of rotatable bonds is 3. The predicted octanol–water partition coefficient (Wildman–Crippen LogP) is 0.376. The molecule has 0 aliphatic carbocycles. The van der Waals surface area contributed by atoms with Crippen molar-refractivity contribution in [1.82, 2.24) is 4.31 Å². The summed E-state index contributed by atoms with van der Waals surface area (Å²) < 4.78 is 31.7. The molecule has 0 spiro atoms. The van der Waals surface area contributed by atoms with Crippen molar-refractivity contribution in [3.63, 3.8) is 0 Å². The van der Waals surface area contributed by atoms with Gasteiger partial charge in [-0.15, -0.1) is 0 Å². The van der Waals surface area contributed by atoms with Crippen LogP contribution < -0.4 is 5.73 Å². The summed E-state index contributed by atoms with van der Waals surface area (Å²) in [6.07, 6.45) is 0. The van der Waals surface area contributed by atoms with Gasteiger partial charge in [0.15, 0.2) is 0 Å². The van der Waals surface area contributed by atoms with Gasteiger partial charge in [0.25, 0.3) is 0 Å². The van der Waals surface area contributed by atoms with E-state index >= 15 is 0 Å². The smallest absolute Gasteiger partial charge is 0.337 e. The lowest BCUT2D eigenvalue weighted by atomic mass is 10.2. The quantitative estimate of drug-likeness (QED) is 0.781. The number of ether oxygens (including phenoxy) is 1. The summed E-state index contributed by atoms with van der Waals surface area (Å²) in [4.78, 5) is 11.0. The van der Waals surface area contributed by atoms with Gasteiger partial charge < -0.3 is 15.6 Å². The van der Waals surface area contributed by atoms with Gasteiger partial charge in [0.05, 0.1) is 23.7 Å². The Morgan fingerprint density at radius 1 is 1.50 bits per heavy atom. The minimum Gasteiger partial charge on any atom is -0.478 e. The monoisotopic (exact) mass is 300 g/mol. The summed E-state index contributed by atoms with van der Waals surface area (Å²) in [5.74, 6) is -1.32. The van der Waals surface area contributed by atoms with Crippen LogP contribution in [0, 0.1) is 0 Å². The van der Waals surface area contributed by atoms with Crippen LogP contribution in [0.15, 0.2) is 23.1 Å². The largest absolute Gasteiger partial charge is 0.478 e. The zero-order chi connectivity index (χ0) is 14.9. The average molecular weight is 300 g/mol. The molecule has 1 atom stereocenters. The number of carboxylic acids is 1. The van der Waals surface area contributed by atoms with E-state index in [0.717, 1.165) is 6.07 Å². The van der Waals surface area contributed by atoms with Gasteiger partial charge in [-0.05, 0) is 25.1 Å². The van der Waals surface area contributed by atoms with Crippen LogP contribution in [0.1, 0.15) is 17.3 Å². The molecule has 0 unspecified atom stereocenters. The number of sulfonamides is 1. The zero-order valence-corrected chi connectivity index (χ0v) is 11.8. The Kier molecular flexibility index (Phi) is 3.98. The van der Waals surface area contributed by atoms with Crippen LogP contribution in [0.3, 0.4) is 0 Å². The minimum absolute atomic E-state index is 0.201. The van der Waals surface area contributed by atoms with Crippen molar-refractivity contribution in [1.29, 1.82) is 0 Å². The minimum atomic E-state index is -3.89. The van der Waals surface area contributed by atoms with Crippen LogP contribution in [0.25, 0.3) is 0 Å². The molecule has 1 saturated heterocycles. The van der Waals surface area contributed by atoms with Gasteiger partial charge in [-0.25, -0.2) is 13.2 Å². The molecule has 1 aliphatic rings. The van der Waals surface area contributed by atoms with E-state index < -0.39 is 16.0 Å². The van der Waals surface area contributed by atoms with E-state index in [2.05, 4.69) is 0 Å². The molecule has 1 aromatic rings. The van der Waals surface area contributed by atoms with Gasteiger partial charge in [0.1, 0.15) is 0 Å². The molecule has 0 bridgehead atoms. The first kappa shape index (κ1) is 14.8. The maximum absolute atomic E-state index is 12.6. The second-order valence-electron chi connectivity index (χ2n) is 4.60. The summed E-state index contributed by atoms with van der Waals surface area (Å²) in [6.45, 7) is 2.50. The lowest BCUT2D eigenvalue weighted by Crippen LogP contribution is -2.47. The predicted molar refractivity (Wildman–Crippen MR) is 72.0 cm³/mol. The molecular weight excluding hydrogens is 284 g/mol. The van der Waals surface area contributed by atoms with E-state index in [9.17, 15) is 13.2 Å². The molecule has 1 fully saturated rings.